The first-order valence-electron chi connectivity index (χ1n) is 6.06. The van der Waals surface area contributed by atoms with Gasteiger partial charge in [-0.05, 0) is 35.9 Å². The van der Waals surface area contributed by atoms with Crippen molar-refractivity contribution in [2.75, 3.05) is 12.8 Å². The number of hydrogen-bond donors (Lipinski definition) is 1. The van der Waals surface area contributed by atoms with E-state index in [2.05, 4.69) is 0 Å². The van der Waals surface area contributed by atoms with Crippen LogP contribution in [0.5, 0.6) is 0 Å². The van der Waals surface area contributed by atoms with Gasteiger partial charge in [0.05, 0.1) is 14.9 Å². The predicted molar refractivity (Wildman–Crippen MR) is 86.0 cm³/mol. The molecular weight excluding hydrogens is 331 g/mol. The molecule has 0 aliphatic heterocycles. The van der Waals surface area contributed by atoms with Gasteiger partial charge in [0.2, 0.25) is 10.0 Å². The van der Waals surface area contributed by atoms with E-state index in [9.17, 15) is 8.42 Å². The number of halogens is 2. The molecule has 7 heteroatoms. The minimum atomic E-state index is -3.61. The molecular formula is C14H14Cl2N2O2S. The van der Waals surface area contributed by atoms with Crippen molar-refractivity contribution in [3.05, 3.63) is 58.1 Å². The smallest absolute Gasteiger partial charge is 0.243 e. The summed E-state index contributed by atoms with van der Waals surface area (Å²) in [5, 5.41) is 0.825. The number of hydrogen-bond acceptors (Lipinski definition) is 3. The highest BCUT2D eigenvalue weighted by Gasteiger charge is 2.21. The molecule has 2 aromatic rings. The number of rotatable bonds is 4. The third kappa shape index (κ3) is 3.68. The average Bonchev–Trinajstić information content (AvgIpc) is 2.43. The number of nitrogens with zero attached hydrogens (tertiary/aromatic N) is 1. The maximum atomic E-state index is 12.5. The van der Waals surface area contributed by atoms with Gasteiger partial charge in [-0.3, -0.25) is 0 Å². The van der Waals surface area contributed by atoms with Gasteiger partial charge in [-0.25, -0.2) is 8.42 Å². The molecule has 0 spiro atoms. The van der Waals surface area contributed by atoms with Crippen LogP contribution in [0.2, 0.25) is 10.0 Å². The van der Waals surface area contributed by atoms with Gasteiger partial charge >= 0.3 is 0 Å². The van der Waals surface area contributed by atoms with Crippen LogP contribution in [0, 0.1) is 0 Å². The minimum Gasteiger partial charge on any atom is -0.399 e. The van der Waals surface area contributed by atoms with E-state index < -0.39 is 10.0 Å². The molecule has 2 N–H and O–H groups in total. The Labute approximate surface area is 134 Å². The van der Waals surface area contributed by atoms with Gasteiger partial charge in [-0.2, -0.15) is 4.31 Å². The van der Waals surface area contributed by atoms with Crippen molar-refractivity contribution >= 4 is 38.9 Å². The molecule has 0 unspecified atom stereocenters. The lowest BCUT2D eigenvalue weighted by Crippen LogP contribution is -2.26. The van der Waals surface area contributed by atoms with E-state index in [1.165, 1.54) is 23.5 Å². The fraction of sp³-hybridized carbons (Fsp3) is 0.143. The van der Waals surface area contributed by atoms with Crippen molar-refractivity contribution in [1.82, 2.24) is 4.31 Å². The summed E-state index contributed by atoms with van der Waals surface area (Å²) in [7, 11) is -2.10. The highest BCUT2D eigenvalue weighted by Crippen LogP contribution is 2.24. The van der Waals surface area contributed by atoms with Crippen molar-refractivity contribution < 1.29 is 8.42 Å². The van der Waals surface area contributed by atoms with Crippen LogP contribution in [0.1, 0.15) is 5.56 Å². The summed E-state index contributed by atoms with van der Waals surface area (Å²) in [6.45, 7) is 0.189. The Hall–Kier alpha value is -1.27. The predicted octanol–water partition coefficient (Wildman–Crippen LogP) is 3.40. The lowest BCUT2D eigenvalue weighted by molar-refractivity contribution is 0.467. The van der Waals surface area contributed by atoms with Crippen LogP contribution in [0.15, 0.2) is 47.4 Å². The largest absolute Gasteiger partial charge is 0.399 e. The first-order chi connectivity index (χ1) is 9.80. The van der Waals surface area contributed by atoms with Crippen LogP contribution in [0.4, 0.5) is 5.69 Å². The van der Waals surface area contributed by atoms with Crippen LogP contribution >= 0.6 is 23.2 Å². The van der Waals surface area contributed by atoms with E-state index in [4.69, 9.17) is 28.9 Å². The zero-order valence-corrected chi connectivity index (χ0v) is 13.6. The van der Waals surface area contributed by atoms with Crippen molar-refractivity contribution in [2.24, 2.45) is 0 Å². The summed E-state index contributed by atoms with van der Waals surface area (Å²) < 4.78 is 26.1. The second kappa shape index (κ2) is 6.23. The van der Waals surface area contributed by atoms with E-state index >= 15 is 0 Å². The normalized spacial score (nSPS) is 11.8. The molecule has 0 heterocycles. The SMILES string of the molecule is CN(Cc1ccc(Cl)c(Cl)c1)S(=O)(=O)c1cccc(N)c1. The summed E-state index contributed by atoms with van der Waals surface area (Å²) in [6.07, 6.45) is 0. The molecule has 0 atom stereocenters. The first kappa shape index (κ1) is 16.1. The fourth-order valence-electron chi connectivity index (χ4n) is 1.84. The molecule has 0 bridgehead atoms. The molecule has 0 aromatic heterocycles. The van der Waals surface area contributed by atoms with Gasteiger partial charge in [0.1, 0.15) is 0 Å². The van der Waals surface area contributed by atoms with Crippen molar-refractivity contribution in [2.45, 2.75) is 11.4 Å². The molecule has 2 aromatic carbocycles. The summed E-state index contributed by atoms with van der Waals surface area (Å²) in [4.78, 5) is 0.157. The Kier molecular flexibility index (Phi) is 4.78. The fourth-order valence-corrected chi connectivity index (χ4v) is 3.37. The number of benzene rings is 2. The third-order valence-corrected chi connectivity index (χ3v) is 5.49. The lowest BCUT2D eigenvalue weighted by atomic mass is 10.2. The first-order valence-corrected chi connectivity index (χ1v) is 8.26. The number of anilines is 1. The van der Waals surface area contributed by atoms with Crippen molar-refractivity contribution in [1.29, 1.82) is 0 Å². The average molecular weight is 345 g/mol. The number of nitrogens with two attached hydrogens (primary N) is 1. The monoisotopic (exact) mass is 344 g/mol. The van der Waals surface area contributed by atoms with Gasteiger partial charge in [0.25, 0.3) is 0 Å². The summed E-state index contributed by atoms with van der Waals surface area (Å²) in [5.41, 5.74) is 6.78. The Bertz CT molecular complexity index is 763. The molecule has 21 heavy (non-hydrogen) atoms. The van der Waals surface area contributed by atoms with E-state index in [-0.39, 0.29) is 11.4 Å². The quantitative estimate of drug-likeness (QED) is 0.864. The van der Waals surface area contributed by atoms with Crippen LogP contribution in [0.25, 0.3) is 0 Å². The molecule has 0 saturated heterocycles. The molecule has 2 rings (SSSR count). The lowest BCUT2D eigenvalue weighted by Gasteiger charge is -2.17. The van der Waals surface area contributed by atoms with Crippen LogP contribution in [0.3, 0.4) is 0 Å². The Morgan fingerprint density at radius 1 is 1.10 bits per heavy atom. The molecule has 0 saturated carbocycles. The van der Waals surface area contributed by atoms with Gasteiger partial charge in [0, 0.05) is 19.3 Å². The van der Waals surface area contributed by atoms with E-state index in [0.717, 1.165) is 5.56 Å². The Morgan fingerprint density at radius 2 is 1.81 bits per heavy atom. The van der Waals surface area contributed by atoms with Gasteiger partial charge in [-0.15, -0.1) is 0 Å². The van der Waals surface area contributed by atoms with Crippen molar-refractivity contribution in [3.8, 4) is 0 Å². The van der Waals surface area contributed by atoms with E-state index in [1.807, 2.05) is 0 Å². The third-order valence-electron chi connectivity index (χ3n) is 2.96. The maximum Gasteiger partial charge on any atom is 0.243 e. The second-order valence-corrected chi connectivity index (χ2v) is 7.44. The minimum absolute atomic E-state index is 0.157. The highest BCUT2D eigenvalue weighted by atomic mass is 35.5. The van der Waals surface area contributed by atoms with Crippen LogP contribution in [-0.4, -0.2) is 19.8 Å². The summed E-state index contributed by atoms with van der Waals surface area (Å²) >= 11 is 11.8. The Morgan fingerprint density at radius 3 is 2.43 bits per heavy atom. The zero-order chi connectivity index (χ0) is 15.6. The molecule has 0 fully saturated rings. The van der Waals surface area contributed by atoms with Gasteiger partial charge in [0.15, 0.2) is 0 Å². The van der Waals surface area contributed by atoms with Crippen molar-refractivity contribution in [3.63, 3.8) is 0 Å². The number of sulfonamides is 1. The number of nitrogen functional groups attached to an aromatic ring is 1. The Balaban J connectivity index is 2.26. The summed E-state index contributed by atoms with van der Waals surface area (Å²) in [5.74, 6) is 0. The highest BCUT2D eigenvalue weighted by molar-refractivity contribution is 7.89. The van der Waals surface area contributed by atoms with Crippen LogP contribution in [-0.2, 0) is 16.6 Å². The standard InChI is InChI=1S/C14H14Cl2N2O2S/c1-18(9-10-5-6-13(15)14(16)7-10)21(19,20)12-4-2-3-11(17)8-12/h2-8H,9,17H2,1H3. The van der Waals surface area contributed by atoms with E-state index in [0.29, 0.717) is 15.7 Å². The molecule has 0 aliphatic rings. The zero-order valence-electron chi connectivity index (χ0n) is 11.3. The molecule has 112 valence electrons. The maximum absolute atomic E-state index is 12.5. The second-order valence-electron chi connectivity index (χ2n) is 4.58. The van der Waals surface area contributed by atoms with E-state index in [1.54, 1.807) is 30.3 Å². The van der Waals surface area contributed by atoms with Gasteiger partial charge in [-0.1, -0.05) is 35.3 Å². The topological polar surface area (TPSA) is 63.4 Å². The summed E-state index contributed by atoms with van der Waals surface area (Å²) in [6, 6.07) is 11.2. The molecule has 0 amide bonds. The van der Waals surface area contributed by atoms with Gasteiger partial charge < -0.3 is 5.73 Å². The molecule has 4 nitrogen and oxygen atoms in total. The van der Waals surface area contributed by atoms with Crippen LogP contribution < -0.4 is 5.73 Å². The molecule has 0 radical (unpaired) electrons. The molecule has 0 aliphatic carbocycles.